The van der Waals surface area contributed by atoms with Crippen LogP contribution in [0.5, 0.6) is 0 Å². The highest BCUT2D eigenvalue weighted by molar-refractivity contribution is 6.86. The van der Waals surface area contributed by atoms with Crippen molar-refractivity contribution < 1.29 is 17.7 Å². The van der Waals surface area contributed by atoms with Crippen molar-refractivity contribution in [2.24, 2.45) is 0 Å². The molecule has 1 fully saturated rings. The van der Waals surface area contributed by atoms with Crippen molar-refractivity contribution in [1.82, 2.24) is 0 Å². The Morgan fingerprint density at radius 3 is 1.59 bits per heavy atom. The standard InChI is InChI=1S/C16H36O4Si2/c1-6-17-21(5,18-7-2)15-22(19-8-3,20-9-4)16-13-11-10-12-14-16/h16H,6-15H2,1-5H3. The van der Waals surface area contributed by atoms with Crippen LogP contribution in [-0.4, -0.2) is 43.5 Å². The van der Waals surface area contributed by atoms with E-state index in [1.807, 2.05) is 0 Å². The van der Waals surface area contributed by atoms with E-state index < -0.39 is 17.1 Å². The van der Waals surface area contributed by atoms with E-state index in [-0.39, 0.29) is 0 Å². The van der Waals surface area contributed by atoms with Crippen LogP contribution < -0.4 is 0 Å². The second kappa shape index (κ2) is 10.2. The molecular weight excluding hydrogens is 312 g/mol. The molecule has 6 heteroatoms. The second-order valence-corrected chi connectivity index (χ2v) is 13.5. The van der Waals surface area contributed by atoms with Crippen molar-refractivity contribution in [2.45, 2.75) is 77.6 Å². The first-order valence-electron chi connectivity index (χ1n) is 9.11. The lowest BCUT2D eigenvalue weighted by atomic mass is 10.0. The Morgan fingerprint density at radius 1 is 0.727 bits per heavy atom. The predicted octanol–water partition coefficient (Wildman–Crippen LogP) is 4.52. The molecule has 0 unspecified atom stereocenters. The summed E-state index contributed by atoms with van der Waals surface area (Å²) in [4.78, 5) is 0. The molecule has 0 atom stereocenters. The monoisotopic (exact) mass is 348 g/mol. The molecule has 1 aliphatic carbocycles. The molecule has 0 aliphatic heterocycles. The van der Waals surface area contributed by atoms with E-state index in [1.165, 1.54) is 32.1 Å². The molecular formula is C16H36O4Si2. The van der Waals surface area contributed by atoms with Gasteiger partial charge in [0, 0.05) is 37.6 Å². The van der Waals surface area contributed by atoms with Gasteiger partial charge in [-0.05, 0) is 47.1 Å². The molecule has 1 rings (SSSR count). The highest BCUT2D eigenvalue weighted by Crippen LogP contribution is 2.42. The minimum Gasteiger partial charge on any atom is -0.395 e. The quantitative estimate of drug-likeness (QED) is 0.514. The first-order chi connectivity index (χ1) is 10.6. The first kappa shape index (κ1) is 20.3. The summed E-state index contributed by atoms with van der Waals surface area (Å²) in [7, 11) is -4.52. The largest absolute Gasteiger partial charge is 0.395 e. The summed E-state index contributed by atoms with van der Waals surface area (Å²) in [5.41, 5.74) is 1.49. The topological polar surface area (TPSA) is 36.9 Å². The lowest BCUT2D eigenvalue weighted by Crippen LogP contribution is -2.56. The summed E-state index contributed by atoms with van der Waals surface area (Å²) in [6.45, 7) is 13.3. The van der Waals surface area contributed by atoms with Gasteiger partial charge < -0.3 is 17.7 Å². The molecule has 22 heavy (non-hydrogen) atoms. The van der Waals surface area contributed by atoms with Gasteiger partial charge in [0.2, 0.25) is 0 Å². The zero-order valence-electron chi connectivity index (χ0n) is 15.3. The van der Waals surface area contributed by atoms with Crippen molar-refractivity contribution in [3.8, 4) is 0 Å². The molecule has 1 aliphatic rings. The van der Waals surface area contributed by atoms with Crippen molar-refractivity contribution in [3.63, 3.8) is 0 Å². The van der Waals surface area contributed by atoms with Gasteiger partial charge in [0.15, 0.2) is 0 Å². The lowest BCUT2D eigenvalue weighted by molar-refractivity contribution is 0.153. The van der Waals surface area contributed by atoms with Crippen LogP contribution in [0.3, 0.4) is 0 Å². The first-order valence-corrected chi connectivity index (χ1v) is 13.7. The predicted molar refractivity (Wildman–Crippen MR) is 95.5 cm³/mol. The molecule has 1 saturated carbocycles. The Balaban J connectivity index is 2.99. The number of rotatable bonds is 11. The average Bonchev–Trinajstić information content (AvgIpc) is 2.49. The van der Waals surface area contributed by atoms with Crippen LogP contribution >= 0.6 is 0 Å². The fourth-order valence-electron chi connectivity index (χ4n) is 3.76. The Morgan fingerprint density at radius 2 is 1.18 bits per heavy atom. The van der Waals surface area contributed by atoms with E-state index >= 15 is 0 Å². The fraction of sp³-hybridized carbons (Fsp3) is 1.00. The van der Waals surface area contributed by atoms with Crippen molar-refractivity contribution >= 4 is 17.1 Å². The minimum absolute atomic E-state index is 0.592. The Hall–Kier alpha value is 0.274. The van der Waals surface area contributed by atoms with E-state index in [2.05, 4.69) is 34.2 Å². The molecule has 0 saturated heterocycles. The zero-order valence-corrected chi connectivity index (χ0v) is 17.3. The number of hydrogen-bond acceptors (Lipinski definition) is 4. The van der Waals surface area contributed by atoms with Crippen LogP contribution in [0.25, 0.3) is 0 Å². The van der Waals surface area contributed by atoms with E-state index in [9.17, 15) is 0 Å². The van der Waals surface area contributed by atoms with Crippen molar-refractivity contribution in [3.05, 3.63) is 0 Å². The normalized spacial score (nSPS) is 17.9. The van der Waals surface area contributed by atoms with Crippen LogP contribution in [0.1, 0.15) is 59.8 Å². The molecule has 0 aromatic carbocycles. The smallest absolute Gasteiger partial charge is 0.343 e. The molecule has 4 nitrogen and oxygen atoms in total. The summed E-state index contributed by atoms with van der Waals surface area (Å²) in [5, 5.41) is 0. The molecule has 0 spiro atoms. The van der Waals surface area contributed by atoms with Gasteiger partial charge in [0.05, 0.1) is 0 Å². The molecule has 132 valence electrons. The minimum atomic E-state index is -2.29. The number of hydrogen-bond donors (Lipinski definition) is 0. The Bertz CT molecular complexity index is 284. The Kier molecular flexibility index (Phi) is 9.42. The maximum atomic E-state index is 6.39. The maximum absolute atomic E-state index is 6.39. The van der Waals surface area contributed by atoms with Crippen LogP contribution in [0.4, 0.5) is 0 Å². The molecule has 0 radical (unpaired) electrons. The molecule has 0 N–H and O–H groups in total. The van der Waals surface area contributed by atoms with Gasteiger partial charge in [-0.3, -0.25) is 0 Å². The molecule has 0 aromatic heterocycles. The third kappa shape index (κ3) is 5.72. The van der Waals surface area contributed by atoms with Crippen molar-refractivity contribution in [2.75, 3.05) is 26.4 Å². The summed E-state index contributed by atoms with van der Waals surface area (Å²) in [5.74, 6) is 0. The van der Waals surface area contributed by atoms with Gasteiger partial charge >= 0.3 is 17.1 Å². The molecule has 0 amide bonds. The second-order valence-electron chi connectivity index (χ2n) is 6.19. The van der Waals surface area contributed by atoms with E-state index in [1.54, 1.807) is 0 Å². The molecule has 0 bridgehead atoms. The van der Waals surface area contributed by atoms with Crippen LogP contribution in [0, 0.1) is 0 Å². The van der Waals surface area contributed by atoms with E-state index in [0.717, 1.165) is 18.9 Å². The molecule has 0 aromatic rings. The van der Waals surface area contributed by atoms with E-state index in [0.29, 0.717) is 18.8 Å². The van der Waals surface area contributed by atoms with Gasteiger partial charge in [-0.25, -0.2) is 0 Å². The summed E-state index contributed by atoms with van der Waals surface area (Å²) < 4.78 is 25.0. The van der Waals surface area contributed by atoms with Crippen LogP contribution in [0.2, 0.25) is 17.8 Å². The zero-order chi connectivity index (χ0) is 16.5. The van der Waals surface area contributed by atoms with Gasteiger partial charge in [0.1, 0.15) is 0 Å². The van der Waals surface area contributed by atoms with Crippen LogP contribution in [0.15, 0.2) is 0 Å². The van der Waals surface area contributed by atoms with Gasteiger partial charge in [0.25, 0.3) is 0 Å². The maximum Gasteiger partial charge on any atom is 0.343 e. The average molecular weight is 349 g/mol. The summed E-state index contributed by atoms with van der Waals surface area (Å²) in [6, 6.07) is 0. The highest BCUT2D eigenvalue weighted by Gasteiger charge is 2.53. The van der Waals surface area contributed by atoms with Crippen LogP contribution in [-0.2, 0) is 17.7 Å². The highest BCUT2D eigenvalue weighted by atomic mass is 28.4. The SMILES string of the molecule is CCO[Si](C)(C[Si](OCC)(OCC)C1CCCCC1)OCC. The fourth-order valence-corrected chi connectivity index (χ4v) is 14.2. The third-order valence-corrected chi connectivity index (χ3v) is 14.2. The molecule has 0 heterocycles. The van der Waals surface area contributed by atoms with Gasteiger partial charge in [-0.2, -0.15) is 0 Å². The summed E-state index contributed by atoms with van der Waals surface area (Å²) >= 11 is 0. The third-order valence-electron chi connectivity index (χ3n) is 4.47. The van der Waals surface area contributed by atoms with E-state index in [4.69, 9.17) is 17.7 Å². The van der Waals surface area contributed by atoms with Gasteiger partial charge in [-0.1, -0.05) is 19.3 Å². The van der Waals surface area contributed by atoms with Crippen molar-refractivity contribution in [1.29, 1.82) is 0 Å². The lowest BCUT2D eigenvalue weighted by Gasteiger charge is -2.42. The van der Waals surface area contributed by atoms with Gasteiger partial charge in [-0.15, -0.1) is 0 Å². The Labute approximate surface area is 139 Å². The summed E-state index contributed by atoms with van der Waals surface area (Å²) in [6.07, 6.45) is 6.46.